The summed E-state index contributed by atoms with van der Waals surface area (Å²) >= 11 is 0. The number of allylic oxidation sites excluding steroid dienone is 1. The molecule has 6 fully saturated rings. The van der Waals surface area contributed by atoms with Crippen molar-refractivity contribution in [1.29, 1.82) is 0 Å². The molecule has 3 saturated heterocycles. The van der Waals surface area contributed by atoms with E-state index in [-0.39, 0.29) is 29.8 Å². The number of hydrogen-bond donors (Lipinski definition) is 9. The molecule has 0 aromatic carbocycles. The van der Waals surface area contributed by atoms with Gasteiger partial charge in [0, 0.05) is 32.5 Å². The van der Waals surface area contributed by atoms with E-state index in [0.717, 1.165) is 37.7 Å². The van der Waals surface area contributed by atoms with Gasteiger partial charge in [-0.2, -0.15) is 0 Å². The number of aliphatic hydroxyl groups is 9. The fourth-order valence-electron chi connectivity index (χ4n) is 12.8. The maximum Gasteiger partial charge on any atom is 0.188 e. The molecule has 7 aliphatic rings. The van der Waals surface area contributed by atoms with E-state index in [0.29, 0.717) is 30.6 Å². The summed E-state index contributed by atoms with van der Waals surface area (Å²) in [7, 11) is 3.19. The smallest absolute Gasteiger partial charge is 0.188 e. The van der Waals surface area contributed by atoms with Crippen LogP contribution in [0.3, 0.4) is 0 Å². The van der Waals surface area contributed by atoms with Gasteiger partial charge in [-0.15, -0.1) is 0 Å². The Bertz CT molecular complexity index is 1460. The molecule has 334 valence electrons. The molecule has 3 aliphatic heterocycles. The van der Waals surface area contributed by atoms with Crippen molar-refractivity contribution in [3.05, 3.63) is 11.6 Å². The van der Waals surface area contributed by atoms with E-state index in [1.807, 2.05) is 6.92 Å². The minimum atomic E-state index is -1.67. The highest BCUT2D eigenvalue weighted by Gasteiger charge is 2.64. The third kappa shape index (κ3) is 7.25. The Morgan fingerprint density at radius 3 is 2.12 bits per heavy atom. The van der Waals surface area contributed by atoms with E-state index in [2.05, 4.69) is 26.8 Å². The number of methoxy groups -OCH3 is 2. The second-order valence-electron chi connectivity index (χ2n) is 19.5. The minimum absolute atomic E-state index is 0.0752. The normalized spacial score (nSPS) is 55.2. The molecule has 16 nitrogen and oxygen atoms in total. The quantitative estimate of drug-likeness (QED) is 0.133. The highest BCUT2D eigenvalue weighted by Crippen LogP contribution is 2.68. The Kier molecular flexibility index (Phi) is 13.0. The van der Waals surface area contributed by atoms with E-state index in [4.69, 9.17) is 33.2 Å². The lowest BCUT2D eigenvalue weighted by Gasteiger charge is -2.60. The summed E-state index contributed by atoms with van der Waals surface area (Å²) in [5.74, 6) is 1.73. The Labute approximate surface area is 341 Å². The zero-order valence-electron chi connectivity index (χ0n) is 35.0. The maximum atomic E-state index is 12.0. The SMILES string of the molecule is CO[C@@H]1O[C@@H]([C@@H](C)[C@H]2CC[C@H]3[C@@H]4CC=C5C[C@@H](O[C@@H]6O[C@H](CO[C@@H]7O[C@H](CO)[C@@H](O)[C@H](O)[C@H]7O)[C@@H](O)[C@H](O)[C@H]6O)C[C@H](O)[C@]5(C)[C@H]4CC[C@]23C)C[C@@](C)(OC)[C@]1(C)O. The van der Waals surface area contributed by atoms with Crippen molar-refractivity contribution in [3.8, 4) is 0 Å². The van der Waals surface area contributed by atoms with Crippen molar-refractivity contribution in [2.24, 2.45) is 40.4 Å². The highest BCUT2D eigenvalue weighted by molar-refractivity contribution is 5.28. The van der Waals surface area contributed by atoms with Crippen LogP contribution < -0.4 is 0 Å². The van der Waals surface area contributed by atoms with E-state index in [1.165, 1.54) is 0 Å². The third-order valence-corrected chi connectivity index (χ3v) is 16.8. The van der Waals surface area contributed by atoms with E-state index in [1.54, 1.807) is 21.1 Å². The number of rotatable bonds is 10. The zero-order chi connectivity index (χ0) is 42.3. The van der Waals surface area contributed by atoms with Crippen LogP contribution in [0.25, 0.3) is 0 Å². The van der Waals surface area contributed by atoms with E-state index >= 15 is 0 Å². The first-order valence-electron chi connectivity index (χ1n) is 21.4. The van der Waals surface area contributed by atoms with Gasteiger partial charge < -0.3 is 79.1 Å². The lowest BCUT2D eigenvalue weighted by molar-refractivity contribution is -0.339. The first-order valence-corrected chi connectivity index (χ1v) is 21.4. The van der Waals surface area contributed by atoms with Gasteiger partial charge in [0.25, 0.3) is 0 Å². The van der Waals surface area contributed by atoms with Gasteiger partial charge in [-0.05, 0) is 87.4 Å². The summed E-state index contributed by atoms with van der Waals surface area (Å²) < 4.78 is 41.3. The molecule has 58 heavy (non-hydrogen) atoms. The molecule has 0 spiro atoms. The largest absolute Gasteiger partial charge is 0.394 e. The van der Waals surface area contributed by atoms with Gasteiger partial charge in [0.05, 0.1) is 31.5 Å². The van der Waals surface area contributed by atoms with Gasteiger partial charge in [0.15, 0.2) is 18.9 Å². The van der Waals surface area contributed by atoms with Crippen LogP contribution in [0.15, 0.2) is 11.6 Å². The molecule has 7 rings (SSSR count). The van der Waals surface area contributed by atoms with Gasteiger partial charge >= 0.3 is 0 Å². The molecule has 0 unspecified atom stereocenters. The lowest BCUT2D eigenvalue weighted by Crippen LogP contribution is -2.66. The molecule has 0 bridgehead atoms. The van der Waals surface area contributed by atoms with Crippen molar-refractivity contribution in [1.82, 2.24) is 0 Å². The van der Waals surface area contributed by atoms with Crippen LogP contribution in [0.5, 0.6) is 0 Å². The number of fused-ring (bicyclic) bond motifs is 5. The van der Waals surface area contributed by atoms with Gasteiger partial charge in [-0.25, -0.2) is 0 Å². The maximum absolute atomic E-state index is 12.0. The van der Waals surface area contributed by atoms with Crippen LogP contribution in [-0.4, -0.2) is 171 Å². The molecular weight excluding hydrogens is 760 g/mol. The Morgan fingerprint density at radius 2 is 1.47 bits per heavy atom. The molecule has 9 N–H and O–H groups in total. The first-order chi connectivity index (χ1) is 27.3. The highest BCUT2D eigenvalue weighted by atomic mass is 16.7. The lowest BCUT2D eigenvalue weighted by atomic mass is 9.46. The standard InChI is InChI=1S/C42H70O16/c1-19(26-16-40(3,53-7)42(5,51)38(52-6)58-26)23-10-11-24-22-9-8-20-14-21(15-29(44)41(20,4)25(22)12-13-39(23,24)2)55-37-35(50)33(48)31(46)28(57-37)18-54-36-34(49)32(47)30(45)27(17-43)56-36/h8,19,21-38,43-51H,9-18H2,1-7H3/t19-,21+,22-,23+,24-,25-,26+,27+,28+,29-,30+,31+,32-,33-,34+,35+,36+,37+,38+,39+,40+,41-,42+/m0/s1. The molecule has 23 atom stereocenters. The predicted molar refractivity (Wildman–Crippen MR) is 203 cm³/mol. The van der Waals surface area contributed by atoms with Crippen LogP contribution in [0.2, 0.25) is 0 Å². The Hall–Kier alpha value is -0.900. The van der Waals surface area contributed by atoms with E-state index in [9.17, 15) is 46.0 Å². The molecule has 4 aliphatic carbocycles. The summed E-state index contributed by atoms with van der Waals surface area (Å²) in [6.07, 6.45) is -8.71. The van der Waals surface area contributed by atoms with Crippen molar-refractivity contribution >= 4 is 0 Å². The second-order valence-corrected chi connectivity index (χ2v) is 19.5. The average molecular weight is 831 g/mol. The fraction of sp³-hybridized carbons (Fsp3) is 0.952. The van der Waals surface area contributed by atoms with Gasteiger partial charge in [0.2, 0.25) is 0 Å². The van der Waals surface area contributed by atoms with Gasteiger partial charge in [-0.3, -0.25) is 0 Å². The summed E-state index contributed by atoms with van der Waals surface area (Å²) in [4.78, 5) is 0. The molecule has 3 saturated carbocycles. The van der Waals surface area contributed by atoms with Gasteiger partial charge in [-0.1, -0.05) is 32.4 Å². The van der Waals surface area contributed by atoms with Crippen molar-refractivity contribution < 1.29 is 79.1 Å². The molecule has 16 heteroatoms. The van der Waals surface area contributed by atoms with Crippen molar-refractivity contribution in [2.75, 3.05) is 27.4 Å². The number of hydrogen-bond acceptors (Lipinski definition) is 16. The van der Waals surface area contributed by atoms with Crippen LogP contribution in [-0.2, 0) is 33.2 Å². The van der Waals surface area contributed by atoms with Crippen LogP contribution >= 0.6 is 0 Å². The topological polar surface area (TPSA) is 247 Å². The second kappa shape index (κ2) is 16.7. The molecule has 0 aromatic heterocycles. The average Bonchev–Trinajstić information content (AvgIpc) is 3.55. The Morgan fingerprint density at radius 1 is 0.810 bits per heavy atom. The van der Waals surface area contributed by atoms with Crippen molar-refractivity contribution in [2.45, 2.75) is 183 Å². The molecule has 0 amide bonds. The van der Waals surface area contributed by atoms with Gasteiger partial charge in [0.1, 0.15) is 60.0 Å². The molecular formula is C42H70O16. The fourth-order valence-corrected chi connectivity index (χ4v) is 12.8. The molecule has 0 aromatic rings. The summed E-state index contributed by atoms with van der Waals surface area (Å²) in [6.45, 7) is 9.47. The summed E-state index contributed by atoms with van der Waals surface area (Å²) in [6, 6.07) is 0. The minimum Gasteiger partial charge on any atom is -0.394 e. The number of ether oxygens (including phenoxy) is 7. The van der Waals surface area contributed by atoms with Crippen LogP contribution in [0.4, 0.5) is 0 Å². The predicted octanol–water partition coefficient (Wildman–Crippen LogP) is 0.0991. The third-order valence-electron chi connectivity index (χ3n) is 16.8. The van der Waals surface area contributed by atoms with Crippen molar-refractivity contribution in [3.63, 3.8) is 0 Å². The summed E-state index contributed by atoms with van der Waals surface area (Å²) in [5.41, 5.74) is -1.43. The van der Waals surface area contributed by atoms with Crippen LogP contribution in [0, 0.1) is 40.4 Å². The monoisotopic (exact) mass is 830 g/mol. The summed E-state index contributed by atoms with van der Waals surface area (Å²) in [5, 5.41) is 96.0. The molecule has 0 radical (unpaired) electrons. The van der Waals surface area contributed by atoms with Crippen LogP contribution in [0.1, 0.15) is 86.0 Å². The van der Waals surface area contributed by atoms with E-state index < -0.39 is 110 Å². The Balaban J connectivity index is 1.01. The first kappa shape index (κ1) is 45.1. The zero-order valence-corrected chi connectivity index (χ0v) is 35.0. The molecule has 3 heterocycles. The number of aliphatic hydroxyl groups excluding tert-OH is 8.